The molecule has 5 heteroatoms. The van der Waals surface area contributed by atoms with E-state index in [9.17, 15) is 14.7 Å². The molecule has 3 N–H and O–H groups in total. The smallest absolute Gasteiger partial charge is 0.319 e. The Labute approximate surface area is 124 Å². The number of amides is 2. The molecular weight excluding hydrogens is 268 g/mol. The quantitative estimate of drug-likeness (QED) is 0.746. The number of carbonyl (C=O) groups excluding carboxylic acids is 2. The molecule has 0 radical (unpaired) electrons. The first-order chi connectivity index (χ1) is 10.1. The molecule has 1 saturated carbocycles. The van der Waals surface area contributed by atoms with Crippen molar-refractivity contribution in [1.82, 2.24) is 5.32 Å². The van der Waals surface area contributed by atoms with Crippen molar-refractivity contribution in [3.63, 3.8) is 0 Å². The van der Waals surface area contributed by atoms with Gasteiger partial charge in [-0.3, -0.25) is 4.79 Å². The molecule has 1 aliphatic carbocycles. The third kappa shape index (κ3) is 4.29. The van der Waals surface area contributed by atoms with E-state index in [1.165, 1.54) is 6.92 Å². The Bertz CT molecular complexity index is 499. The summed E-state index contributed by atoms with van der Waals surface area (Å²) < 4.78 is 0. The maximum atomic E-state index is 12.0. The predicted molar refractivity (Wildman–Crippen MR) is 81.4 cm³/mol. The van der Waals surface area contributed by atoms with Crippen molar-refractivity contribution in [1.29, 1.82) is 0 Å². The predicted octanol–water partition coefficient (Wildman–Crippen LogP) is 2.56. The first kappa shape index (κ1) is 15.5. The van der Waals surface area contributed by atoms with E-state index in [1.54, 1.807) is 24.3 Å². The second kappa shape index (κ2) is 7.22. The number of nitrogens with one attached hydrogen (secondary N) is 2. The van der Waals surface area contributed by atoms with Crippen LogP contribution in [0.3, 0.4) is 0 Å². The van der Waals surface area contributed by atoms with Gasteiger partial charge in [0.05, 0.1) is 0 Å². The maximum Gasteiger partial charge on any atom is 0.319 e. The van der Waals surface area contributed by atoms with Crippen LogP contribution in [0.15, 0.2) is 24.3 Å². The van der Waals surface area contributed by atoms with Crippen LogP contribution in [-0.4, -0.2) is 29.6 Å². The van der Waals surface area contributed by atoms with E-state index in [-0.39, 0.29) is 30.4 Å². The summed E-state index contributed by atoms with van der Waals surface area (Å²) in [7, 11) is 0. The topological polar surface area (TPSA) is 78.4 Å². The minimum absolute atomic E-state index is 0.000931. The van der Waals surface area contributed by atoms with Crippen molar-refractivity contribution in [2.75, 3.05) is 11.9 Å². The highest BCUT2D eigenvalue weighted by atomic mass is 16.3. The third-order valence-corrected chi connectivity index (χ3v) is 4.01. The zero-order valence-electron chi connectivity index (χ0n) is 12.3. The fourth-order valence-corrected chi connectivity index (χ4v) is 2.74. The Morgan fingerprint density at radius 3 is 2.48 bits per heavy atom. The summed E-state index contributed by atoms with van der Waals surface area (Å²) in [6.07, 6.45) is 4.04. The van der Waals surface area contributed by atoms with E-state index in [1.807, 2.05) is 0 Å². The lowest BCUT2D eigenvalue weighted by Crippen LogP contribution is -2.45. The molecule has 0 heterocycles. The van der Waals surface area contributed by atoms with Gasteiger partial charge in [0, 0.05) is 29.8 Å². The highest BCUT2D eigenvalue weighted by molar-refractivity contribution is 5.95. The van der Waals surface area contributed by atoms with Gasteiger partial charge in [-0.15, -0.1) is 0 Å². The number of ketones is 1. The van der Waals surface area contributed by atoms with Crippen LogP contribution in [0.2, 0.25) is 0 Å². The van der Waals surface area contributed by atoms with Crippen molar-refractivity contribution >= 4 is 17.5 Å². The van der Waals surface area contributed by atoms with Gasteiger partial charge in [0.2, 0.25) is 0 Å². The van der Waals surface area contributed by atoms with Gasteiger partial charge in [0.15, 0.2) is 5.78 Å². The summed E-state index contributed by atoms with van der Waals surface area (Å²) in [5.74, 6) is 0.142. The van der Waals surface area contributed by atoms with Crippen molar-refractivity contribution < 1.29 is 14.7 Å². The second-order valence-corrected chi connectivity index (χ2v) is 5.57. The molecule has 2 rings (SSSR count). The van der Waals surface area contributed by atoms with Gasteiger partial charge in [-0.2, -0.15) is 0 Å². The molecule has 1 fully saturated rings. The van der Waals surface area contributed by atoms with Crippen LogP contribution in [0.1, 0.15) is 43.0 Å². The summed E-state index contributed by atoms with van der Waals surface area (Å²) >= 11 is 0. The lowest BCUT2D eigenvalue weighted by Gasteiger charge is -2.30. The molecule has 114 valence electrons. The number of hydrogen-bond donors (Lipinski definition) is 3. The van der Waals surface area contributed by atoms with Crippen LogP contribution in [0, 0.1) is 5.92 Å². The van der Waals surface area contributed by atoms with Gasteiger partial charge < -0.3 is 15.7 Å². The van der Waals surface area contributed by atoms with E-state index < -0.39 is 0 Å². The summed E-state index contributed by atoms with van der Waals surface area (Å²) in [6.45, 7) is 1.62. The molecule has 1 aromatic carbocycles. The van der Waals surface area contributed by atoms with Crippen LogP contribution in [0.25, 0.3) is 0 Å². The molecule has 0 saturated heterocycles. The summed E-state index contributed by atoms with van der Waals surface area (Å²) in [6, 6.07) is 6.56. The Hall–Kier alpha value is -1.88. The average molecular weight is 290 g/mol. The van der Waals surface area contributed by atoms with Gasteiger partial charge in [-0.25, -0.2) is 4.79 Å². The van der Waals surface area contributed by atoms with Gasteiger partial charge >= 0.3 is 6.03 Å². The monoisotopic (exact) mass is 290 g/mol. The molecule has 0 spiro atoms. The molecule has 0 aliphatic heterocycles. The number of carbonyl (C=O) groups is 2. The van der Waals surface area contributed by atoms with Crippen molar-refractivity contribution in [2.45, 2.75) is 38.6 Å². The lowest BCUT2D eigenvalue weighted by molar-refractivity contribution is 0.101. The molecule has 1 aromatic rings. The first-order valence-electron chi connectivity index (χ1n) is 7.39. The Morgan fingerprint density at radius 1 is 1.19 bits per heavy atom. The first-order valence-corrected chi connectivity index (χ1v) is 7.39. The van der Waals surface area contributed by atoms with Crippen LogP contribution >= 0.6 is 0 Å². The minimum Gasteiger partial charge on any atom is -0.396 e. The molecule has 0 aromatic heterocycles. The number of benzene rings is 1. The normalized spacial score (nSPS) is 21.6. The van der Waals surface area contributed by atoms with Crippen LogP contribution in [0.5, 0.6) is 0 Å². The highest BCUT2D eigenvalue weighted by Gasteiger charge is 2.25. The largest absolute Gasteiger partial charge is 0.396 e. The Balaban J connectivity index is 1.90. The van der Waals surface area contributed by atoms with Crippen molar-refractivity contribution in [3.8, 4) is 0 Å². The van der Waals surface area contributed by atoms with E-state index >= 15 is 0 Å². The van der Waals surface area contributed by atoms with Crippen LogP contribution in [-0.2, 0) is 0 Å². The molecule has 2 unspecified atom stereocenters. The fourth-order valence-electron chi connectivity index (χ4n) is 2.74. The van der Waals surface area contributed by atoms with Crippen LogP contribution < -0.4 is 10.6 Å². The standard InChI is InChI=1S/C16H22N2O3/c1-11(20)12-6-8-14(9-7-12)17-16(21)18-15-5-3-2-4-13(15)10-19/h6-9,13,15,19H,2-5,10H2,1H3,(H2,17,18,21). The minimum atomic E-state index is -0.268. The van der Waals surface area contributed by atoms with Gasteiger partial charge in [0.1, 0.15) is 0 Å². The van der Waals surface area contributed by atoms with Crippen molar-refractivity contribution in [2.24, 2.45) is 5.92 Å². The Morgan fingerprint density at radius 2 is 1.86 bits per heavy atom. The number of aliphatic hydroxyl groups is 1. The number of aliphatic hydroxyl groups excluding tert-OH is 1. The summed E-state index contributed by atoms with van der Waals surface area (Å²) in [5, 5.41) is 15.0. The molecule has 21 heavy (non-hydrogen) atoms. The van der Waals surface area contributed by atoms with Gasteiger partial charge in [0.25, 0.3) is 0 Å². The van der Waals surface area contributed by atoms with E-state index in [2.05, 4.69) is 10.6 Å². The summed E-state index contributed by atoms with van der Waals surface area (Å²) in [4.78, 5) is 23.2. The van der Waals surface area contributed by atoms with E-state index in [0.29, 0.717) is 11.3 Å². The molecular formula is C16H22N2O3. The van der Waals surface area contributed by atoms with E-state index in [0.717, 1.165) is 25.7 Å². The Kier molecular flexibility index (Phi) is 5.33. The zero-order valence-corrected chi connectivity index (χ0v) is 12.3. The van der Waals surface area contributed by atoms with Crippen LogP contribution in [0.4, 0.5) is 10.5 Å². The maximum absolute atomic E-state index is 12.0. The number of Topliss-reactive ketones (excluding diaryl/α,β-unsaturated/α-hetero) is 1. The zero-order chi connectivity index (χ0) is 15.2. The third-order valence-electron chi connectivity index (χ3n) is 4.01. The molecule has 0 bridgehead atoms. The SMILES string of the molecule is CC(=O)c1ccc(NC(=O)NC2CCCCC2CO)cc1. The van der Waals surface area contributed by atoms with Gasteiger partial charge in [-0.1, -0.05) is 12.8 Å². The number of hydrogen-bond acceptors (Lipinski definition) is 3. The van der Waals surface area contributed by atoms with Gasteiger partial charge in [-0.05, 0) is 44.0 Å². The molecule has 1 aliphatic rings. The van der Waals surface area contributed by atoms with Crippen molar-refractivity contribution in [3.05, 3.63) is 29.8 Å². The number of urea groups is 1. The molecule has 5 nitrogen and oxygen atoms in total. The highest BCUT2D eigenvalue weighted by Crippen LogP contribution is 2.24. The van der Waals surface area contributed by atoms with E-state index in [4.69, 9.17) is 0 Å². The molecule has 2 amide bonds. The fraction of sp³-hybridized carbons (Fsp3) is 0.500. The lowest BCUT2D eigenvalue weighted by atomic mass is 9.85. The summed E-state index contributed by atoms with van der Waals surface area (Å²) in [5.41, 5.74) is 1.27. The molecule has 2 atom stereocenters. The number of rotatable bonds is 4. The average Bonchev–Trinajstić information content (AvgIpc) is 2.48. The number of anilines is 1. The second-order valence-electron chi connectivity index (χ2n) is 5.57.